The minimum atomic E-state index is -1.69. The Balaban J connectivity index is 2.46. The van der Waals surface area contributed by atoms with E-state index < -0.39 is 18.8 Å². The summed E-state index contributed by atoms with van der Waals surface area (Å²) in [5.74, 6) is -1.25. The van der Waals surface area contributed by atoms with E-state index in [1.54, 1.807) is 0 Å². The van der Waals surface area contributed by atoms with E-state index in [1.807, 2.05) is 0 Å². The second-order valence-electron chi connectivity index (χ2n) is 3.19. The van der Waals surface area contributed by atoms with Crippen molar-refractivity contribution >= 4 is 12.6 Å². The molecule has 1 heterocycles. The number of nitrogens with zero attached hydrogens (tertiary/aromatic N) is 2. The molecule has 0 amide bonds. The highest BCUT2D eigenvalue weighted by atomic mass is 19.1. The molecule has 7 heteroatoms. The molecule has 2 N–H and O–H groups in total. The topological polar surface area (TPSA) is 58.3 Å². The highest BCUT2D eigenvalue weighted by Crippen LogP contribution is 2.13. The molecule has 0 aliphatic rings. The van der Waals surface area contributed by atoms with Crippen LogP contribution in [0, 0.1) is 11.6 Å². The summed E-state index contributed by atoms with van der Waals surface area (Å²) in [4.78, 5) is 0. The first-order valence-electron chi connectivity index (χ1n) is 4.44. The molecule has 0 radical (unpaired) electrons. The van der Waals surface area contributed by atoms with Gasteiger partial charge in [0.2, 0.25) is 0 Å². The predicted octanol–water partition coefficient (Wildman–Crippen LogP) is -0.170. The van der Waals surface area contributed by atoms with Crippen molar-refractivity contribution in [1.82, 2.24) is 9.78 Å². The number of benzene rings is 1. The van der Waals surface area contributed by atoms with Crippen molar-refractivity contribution in [2.24, 2.45) is 0 Å². The Kier molecular flexibility index (Phi) is 2.72. The fourth-order valence-corrected chi connectivity index (χ4v) is 1.26. The molecule has 1 aromatic carbocycles. The van der Waals surface area contributed by atoms with Gasteiger partial charge in [-0.25, -0.2) is 13.5 Å². The summed E-state index contributed by atoms with van der Waals surface area (Å²) in [5, 5.41) is 21.4. The predicted molar refractivity (Wildman–Crippen MR) is 53.3 cm³/mol. The molecule has 0 spiro atoms. The van der Waals surface area contributed by atoms with Gasteiger partial charge in [0, 0.05) is 23.9 Å². The molecule has 82 valence electrons. The van der Waals surface area contributed by atoms with Gasteiger partial charge in [0.1, 0.15) is 17.3 Å². The average molecular weight is 224 g/mol. The lowest BCUT2D eigenvalue weighted by molar-refractivity contribution is 0.426. The van der Waals surface area contributed by atoms with Crippen molar-refractivity contribution < 1.29 is 18.8 Å². The summed E-state index contributed by atoms with van der Waals surface area (Å²) in [5.41, 5.74) is 0.00978. The van der Waals surface area contributed by atoms with Crippen LogP contribution in [0.25, 0.3) is 5.69 Å². The van der Waals surface area contributed by atoms with Crippen LogP contribution in [0.3, 0.4) is 0 Å². The zero-order chi connectivity index (χ0) is 11.7. The minimum Gasteiger partial charge on any atom is -0.423 e. The van der Waals surface area contributed by atoms with Crippen LogP contribution >= 0.6 is 0 Å². The van der Waals surface area contributed by atoms with Crippen molar-refractivity contribution in [1.29, 1.82) is 0 Å². The molecule has 0 saturated heterocycles. The van der Waals surface area contributed by atoms with Crippen LogP contribution in [-0.2, 0) is 0 Å². The first kappa shape index (κ1) is 10.8. The molecule has 4 nitrogen and oxygen atoms in total. The van der Waals surface area contributed by atoms with Crippen LogP contribution in [0.2, 0.25) is 0 Å². The number of hydrogen-bond acceptors (Lipinski definition) is 3. The molecule has 0 atom stereocenters. The molecule has 0 aliphatic heterocycles. The van der Waals surface area contributed by atoms with Gasteiger partial charge in [-0.15, -0.1) is 0 Å². The third-order valence-corrected chi connectivity index (χ3v) is 2.06. The fourth-order valence-electron chi connectivity index (χ4n) is 1.26. The SMILES string of the molecule is OB(O)c1cnn(-c2cc(F)ccc2F)c1. The minimum absolute atomic E-state index is 0.0908. The van der Waals surface area contributed by atoms with Gasteiger partial charge >= 0.3 is 7.12 Å². The lowest BCUT2D eigenvalue weighted by Gasteiger charge is -2.02. The number of aromatic nitrogens is 2. The van der Waals surface area contributed by atoms with Gasteiger partial charge in [-0.05, 0) is 12.1 Å². The molecule has 0 bridgehead atoms. The van der Waals surface area contributed by atoms with Crippen LogP contribution < -0.4 is 5.46 Å². The first-order valence-corrected chi connectivity index (χ1v) is 4.44. The largest absolute Gasteiger partial charge is 0.491 e. The monoisotopic (exact) mass is 224 g/mol. The third-order valence-electron chi connectivity index (χ3n) is 2.06. The normalized spacial score (nSPS) is 10.5. The Bertz CT molecular complexity index is 516. The molecule has 0 aliphatic carbocycles. The summed E-state index contributed by atoms with van der Waals surface area (Å²) in [6.07, 6.45) is 2.37. The number of rotatable bonds is 2. The molecule has 2 rings (SSSR count). The van der Waals surface area contributed by atoms with E-state index in [1.165, 1.54) is 6.20 Å². The summed E-state index contributed by atoms with van der Waals surface area (Å²) in [6, 6.07) is 2.93. The van der Waals surface area contributed by atoms with Crippen LogP contribution in [0.1, 0.15) is 0 Å². The Morgan fingerprint density at radius 3 is 2.62 bits per heavy atom. The zero-order valence-corrected chi connectivity index (χ0v) is 8.01. The maximum Gasteiger partial charge on any atom is 0.491 e. The smallest absolute Gasteiger partial charge is 0.423 e. The van der Waals surface area contributed by atoms with Gasteiger partial charge in [-0.2, -0.15) is 5.10 Å². The number of halogens is 2. The molecular weight excluding hydrogens is 217 g/mol. The van der Waals surface area contributed by atoms with Gasteiger partial charge in [0.15, 0.2) is 0 Å². The first-order chi connectivity index (χ1) is 7.58. The third kappa shape index (κ3) is 1.95. The maximum atomic E-state index is 13.3. The van der Waals surface area contributed by atoms with E-state index in [0.29, 0.717) is 0 Å². The quantitative estimate of drug-likeness (QED) is 0.696. The van der Waals surface area contributed by atoms with Crippen LogP contribution in [0.4, 0.5) is 8.78 Å². The standard InChI is InChI=1S/C9H7BF2N2O2/c11-7-1-2-8(12)9(3-7)14-5-6(4-13-14)10(15)16/h1-5,15-16H. The molecule has 16 heavy (non-hydrogen) atoms. The molecular formula is C9H7BF2N2O2. The van der Waals surface area contributed by atoms with Crippen molar-refractivity contribution in [3.05, 3.63) is 42.2 Å². The molecule has 0 saturated carbocycles. The lowest BCUT2D eigenvalue weighted by atomic mass is 9.83. The second kappa shape index (κ2) is 4.03. The summed E-state index contributed by atoms with van der Waals surface area (Å²) >= 11 is 0. The highest BCUT2D eigenvalue weighted by Gasteiger charge is 2.15. The van der Waals surface area contributed by atoms with Gasteiger partial charge in [0.25, 0.3) is 0 Å². The van der Waals surface area contributed by atoms with E-state index >= 15 is 0 Å². The molecule has 2 aromatic rings. The summed E-state index contributed by atoms with van der Waals surface area (Å²) in [7, 11) is -1.69. The van der Waals surface area contributed by atoms with Crippen molar-refractivity contribution in [3.63, 3.8) is 0 Å². The summed E-state index contributed by atoms with van der Waals surface area (Å²) in [6.45, 7) is 0. The van der Waals surface area contributed by atoms with Crippen molar-refractivity contribution in [3.8, 4) is 5.69 Å². The van der Waals surface area contributed by atoms with E-state index in [-0.39, 0.29) is 11.2 Å². The Morgan fingerprint density at radius 2 is 2.00 bits per heavy atom. The van der Waals surface area contributed by atoms with Crippen LogP contribution in [0.5, 0.6) is 0 Å². The van der Waals surface area contributed by atoms with Crippen LogP contribution in [-0.4, -0.2) is 26.9 Å². The van der Waals surface area contributed by atoms with Crippen molar-refractivity contribution in [2.45, 2.75) is 0 Å². The fraction of sp³-hybridized carbons (Fsp3) is 0. The highest BCUT2D eigenvalue weighted by molar-refractivity contribution is 6.58. The molecule has 1 aromatic heterocycles. The van der Waals surface area contributed by atoms with Gasteiger partial charge in [-0.1, -0.05) is 0 Å². The van der Waals surface area contributed by atoms with Crippen molar-refractivity contribution in [2.75, 3.05) is 0 Å². The second-order valence-corrected chi connectivity index (χ2v) is 3.19. The Labute approximate surface area is 89.9 Å². The maximum absolute atomic E-state index is 13.3. The van der Waals surface area contributed by atoms with E-state index in [9.17, 15) is 8.78 Å². The van der Waals surface area contributed by atoms with E-state index in [2.05, 4.69) is 5.10 Å². The van der Waals surface area contributed by atoms with Crippen LogP contribution in [0.15, 0.2) is 30.6 Å². The van der Waals surface area contributed by atoms with Gasteiger partial charge in [-0.3, -0.25) is 0 Å². The Morgan fingerprint density at radius 1 is 1.25 bits per heavy atom. The average Bonchev–Trinajstić information content (AvgIpc) is 2.70. The zero-order valence-electron chi connectivity index (χ0n) is 8.01. The summed E-state index contributed by atoms with van der Waals surface area (Å²) < 4.78 is 27.2. The Hall–Kier alpha value is -1.73. The number of hydrogen-bond donors (Lipinski definition) is 2. The van der Waals surface area contributed by atoms with Gasteiger partial charge < -0.3 is 10.0 Å². The van der Waals surface area contributed by atoms with E-state index in [0.717, 1.165) is 29.1 Å². The van der Waals surface area contributed by atoms with Gasteiger partial charge in [0.05, 0.1) is 0 Å². The molecule has 0 unspecified atom stereocenters. The lowest BCUT2D eigenvalue weighted by Crippen LogP contribution is -2.28. The van der Waals surface area contributed by atoms with E-state index in [4.69, 9.17) is 10.0 Å². The molecule has 0 fully saturated rings.